The molecule has 0 heterocycles. The highest BCUT2D eigenvalue weighted by atomic mass is 79.9. The molecule has 0 amide bonds. The van der Waals surface area contributed by atoms with Crippen LogP contribution in [0.25, 0.3) is 0 Å². The summed E-state index contributed by atoms with van der Waals surface area (Å²) in [5.74, 6) is 6.88. The van der Waals surface area contributed by atoms with Crippen molar-refractivity contribution in [2.75, 3.05) is 6.61 Å². The van der Waals surface area contributed by atoms with Crippen LogP contribution in [0.3, 0.4) is 0 Å². The van der Waals surface area contributed by atoms with Crippen molar-refractivity contribution in [3.63, 3.8) is 0 Å². The van der Waals surface area contributed by atoms with Crippen LogP contribution < -0.4 is 4.74 Å². The lowest BCUT2D eigenvalue weighted by atomic mass is 10.2. The zero-order valence-corrected chi connectivity index (χ0v) is 11.7. The van der Waals surface area contributed by atoms with Gasteiger partial charge in [-0.3, -0.25) is 0 Å². The lowest BCUT2D eigenvalue weighted by Gasteiger charge is -2.05. The maximum atomic E-state index is 5.59. The Hall–Kier alpha value is -1.72. The quantitative estimate of drug-likeness (QED) is 0.756. The molecule has 18 heavy (non-hydrogen) atoms. The molecule has 0 aromatic heterocycles. The Balaban J connectivity index is 1.95. The van der Waals surface area contributed by atoms with Gasteiger partial charge in [0.1, 0.15) is 12.4 Å². The zero-order valence-electron chi connectivity index (χ0n) is 10.1. The molecule has 2 aromatic carbocycles. The fraction of sp³-hybridized carbons (Fsp3) is 0.125. The van der Waals surface area contributed by atoms with E-state index in [0.717, 1.165) is 15.8 Å². The van der Waals surface area contributed by atoms with E-state index in [-0.39, 0.29) is 0 Å². The van der Waals surface area contributed by atoms with Crippen LogP contribution in [-0.4, -0.2) is 6.61 Å². The van der Waals surface area contributed by atoms with Gasteiger partial charge < -0.3 is 4.74 Å². The molecule has 0 bridgehead atoms. The zero-order chi connectivity index (χ0) is 12.8. The molecule has 0 atom stereocenters. The monoisotopic (exact) mass is 300 g/mol. The number of halogens is 1. The van der Waals surface area contributed by atoms with Gasteiger partial charge in [-0.1, -0.05) is 36.1 Å². The second-order valence-electron chi connectivity index (χ2n) is 3.89. The Bertz CT molecular complexity index is 579. The Morgan fingerprint density at radius 3 is 2.61 bits per heavy atom. The minimum Gasteiger partial charge on any atom is -0.480 e. The second-order valence-corrected chi connectivity index (χ2v) is 4.74. The number of ether oxygens (including phenoxy) is 1. The summed E-state index contributed by atoms with van der Waals surface area (Å²) < 4.78 is 6.56. The van der Waals surface area contributed by atoms with E-state index < -0.39 is 0 Å². The summed E-state index contributed by atoms with van der Waals surface area (Å²) in [7, 11) is 0. The van der Waals surface area contributed by atoms with Crippen molar-refractivity contribution in [2.45, 2.75) is 6.92 Å². The standard InChI is InChI=1S/C16H13BrO/c1-13-9-10-16(15(17)12-13)18-11-5-8-14-6-3-2-4-7-14/h2-4,6-7,9-10,12H,11H2,1H3. The van der Waals surface area contributed by atoms with Crippen LogP contribution in [0.4, 0.5) is 0 Å². The molecule has 0 N–H and O–H groups in total. The van der Waals surface area contributed by atoms with Crippen molar-refractivity contribution in [1.82, 2.24) is 0 Å². The fourth-order valence-corrected chi connectivity index (χ4v) is 2.10. The molecule has 0 saturated heterocycles. The van der Waals surface area contributed by atoms with Crippen LogP contribution in [0.2, 0.25) is 0 Å². The molecule has 2 rings (SSSR count). The molecule has 1 nitrogen and oxygen atoms in total. The summed E-state index contributed by atoms with van der Waals surface area (Å²) in [5, 5.41) is 0. The number of rotatable bonds is 2. The average Bonchev–Trinajstić information content (AvgIpc) is 2.38. The number of hydrogen-bond acceptors (Lipinski definition) is 1. The first kappa shape index (κ1) is 12.7. The third-order valence-corrected chi connectivity index (χ3v) is 3.01. The van der Waals surface area contributed by atoms with Gasteiger partial charge in [-0.2, -0.15) is 0 Å². The Morgan fingerprint density at radius 2 is 1.89 bits per heavy atom. The molecule has 2 heteroatoms. The van der Waals surface area contributed by atoms with Gasteiger partial charge in [-0.15, -0.1) is 0 Å². The Morgan fingerprint density at radius 1 is 1.11 bits per heavy atom. The van der Waals surface area contributed by atoms with Gasteiger partial charge in [-0.05, 0) is 52.7 Å². The van der Waals surface area contributed by atoms with Crippen molar-refractivity contribution in [3.8, 4) is 17.6 Å². The first-order chi connectivity index (χ1) is 8.75. The molecule has 90 valence electrons. The molecular weight excluding hydrogens is 288 g/mol. The van der Waals surface area contributed by atoms with Crippen LogP contribution >= 0.6 is 15.9 Å². The minimum absolute atomic E-state index is 0.385. The maximum Gasteiger partial charge on any atom is 0.149 e. The van der Waals surface area contributed by atoms with Gasteiger partial charge in [0.2, 0.25) is 0 Å². The minimum atomic E-state index is 0.385. The molecule has 0 unspecified atom stereocenters. The lowest BCUT2D eigenvalue weighted by Crippen LogP contribution is -1.95. The third-order valence-electron chi connectivity index (χ3n) is 2.39. The van der Waals surface area contributed by atoms with E-state index in [1.165, 1.54) is 5.56 Å². The Labute approximate surface area is 116 Å². The molecule has 0 fully saturated rings. The third kappa shape index (κ3) is 3.65. The molecule has 2 aromatic rings. The normalized spacial score (nSPS) is 9.44. The molecule has 0 spiro atoms. The van der Waals surface area contributed by atoms with Crippen molar-refractivity contribution >= 4 is 15.9 Å². The van der Waals surface area contributed by atoms with Gasteiger partial charge in [-0.25, -0.2) is 0 Å². The summed E-state index contributed by atoms with van der Waals surface area (Å²) in [6, 6.07) is 15.9. The highest BCUT2D eigenvalue weighted by Gasteiger charge is 1.99. The summed E-state index contributed by atoms with van der Waals surface area (Å²) >= 11 is 3.47. The predicted molar refractivity (Wildman–Crippen MR) is 77.7 cm³/mol. The second kappa shape index (κ2) is 6.28. The molecule has 0 saturated carbocycles. The van der Waals surface area contributed by atoms with Crippen molar-refractivity contribution in [1.29, 1.82) is 0 Å². The average molecular weight is 301 g/mol. The first-order valence-corrected chi connectivity index (χ1v) is 6.48. The van der Waals surface area contributed by atoms with Gasteiger partial charge in [0.25, 0.3) is 0 Å². The summed E-state index contributed by atoms with van der Waals surface area (Å²) in [6.07, 6.45) is 0. The fourth-order valence-electron chi connectivity index (χ4n) is 1.50. The number of hydrogen-bond donors (Lipinski definition) is 0. The molecule has 0 aliphatic heterocycles. The highest BCUT2D eigenvalue weighted by molar-refractivity contribution is 9.10. The Kier molecular flexibility index (Phi) is 4.44. The van der Waals surface area contributed by atoms with Crippen LogP contribution in [0.15, 0.2) is 53.0 Å². The summed E-state index contributed by atoms with van der Waals surface area (Å²) in [6.45, 7) is 2.43. The lowest BCUT2D eigenvalue weighted by molar-refractivity contribution is 0.368. The van der Waals surface area contributed by atoms with E-state index in [9.17, 15) is 0 Å². The first-order valence-electron chi connectivity index (χ1n) is 5.68. The number of aryl methyl sites for hydroxylation is 1. The van der Waals surface area contributed by atoms with Gasteiger partial charge >= 0.3 is 0 Å². The van der Waals surface area contributed by atoms with Crippen LogP contribution in [0.5, 0.6) is 5.75 Å². The van der Waals surface area contributed by atoms with Crippen molar-refractivity contribution < 1.29 is 4.74 Å². The van der Waals surface area contributed by atoms with Crippen LogP contribution in [0, 0.1) is 18.8 Å². The van der Waals surface area contributed by atoms with Gasteiger partial charge in [0.15, 0.2) is 0 Å². The SMILES string of the molecule is Cc1ccc(OCC#Cc2ccccc2)c(Br)c1. The number of benzene rings is 2. The summed E-state index contributed by atoms with van der Waals surface area (Å²) in [4.78, 5) is 0. The van der Waals surface area contributed by atoms with E-state index in [2.05, 4.69) is 27.8 Å². The van der Waals surface area contributed by atoms with Crippen molar-refractivity contribution in [3.05, 3.63) is 64.1 Å². The van der Waals surface area contributed by atoms with Gasteiger partial charge in [0, 0.05) is 5.56 Å². The largest absolute Gasteiger partial charge is 0.480 e. The maximum absolute atomic E-state index is 5.59. The van der Waals surface area contributed by atoms with E-state index in [4.69, 9.17) is 4.74 Å². The van der Waals surface area contributed by atoms with E-state index >= 15 is 0 Å². The van der Waals surface area contributed by atoms with Gasteiger partial charge in [0.05, 0.1) is 4.47 Å². The predicted octanol–water partition coefficient (Wildman–Crippen LogP) is 4.19. The highest BCUT2D eigenvalue weighted by Crippen LogP contribution is 2.25. The molecule has 0 aliphatic rings. The van der Waals surface area contributed by atoms with E-state index in [0.29, 0.717) is 6.61 Å². The molecular formula is C16H13BrO. The van der Waals surface area contributed by atoms with Crippen LogP contribution in [0.1, 0.15) is 11.1 Å². The topological polar surface area (TPSA) is 9.23 Å². The molecule has 0 aliphatic carbocycles. The van der Waals surface area contributed by atoms with E-state index in [1.807, 2.05) is 55.5 Å². The van der Waals surface area contributed by atoms with Crippen molar-refractivity contribution in [2.24, 2.45) is 0 Å². The van der Waals surface area contributed by atoms with Crippen LogP contribution in [-0.2, 0) is 0 Å². The summed E-state index contributed by atoms with van der Waals surface area (Å²) in [5.41, 5.74) is 2.20. The molecule has 0 radical (unpaired) electrons. The smallest absolute Gasteiger partial charge is 0.149 e. The van der Waals surface area contributed by atoms with E-state index in [1.54, 1.807) is 0 Å².